The monoisotopic (exact) mass is 476 g/mol. The SMILES string of the molecule is CCOC(=O)c1c(C)[nH]c(C(=O)OCC(=O)c2ccc(S(=O)(=O)N3CCCCC3)cc2)c1C. The Balaban J connectivity index is 1.65. The van der Waals surface area contributed by atoms with Gasteiger partial charge >= 0.3 is 11.9 Å². The summed E-state index contributed by atoms with van der Waals surface area (Å²) in [7, 11) is -3.59. The molecule has 1 fully saturated rings. The highest BCUT2D eigenvalue weighted by Gasteiger charge is 2.27. The molecule has 10 heteroatoms. The molecule has 2 aromatic rings. The summed E-state index contributed by atoms with van der Waals surface area (Å²) < 4.78 is 37.0. The van der Waals surface area contributed by atoms with Crippen molar-refractivity contribution < 1.29 is 32.3 Å². The molecular weight excluding hydrogens is 448 g/mol. The Morgan fingerprint density at radius 3 is 2.21 bits per heavy atom. The van der Waals surface area contributed by atoms with Gasteiger partial charge in [0.2, 0.25) is 10.0 Å². The number of piperidine rings is 1. The number of nitrogens with one attached hydrogen (secondary N) is 1. The van der Waals surface area contributed by atoms with Crippen LogP contribution in [-0.2, 0) is 19.5 Å². The topological polar surface area (TPSA) is 123 Å². The number of esters is 2. The number of aromatic amines is 1. The molecule has 1 aromatic carbocycles. The number of benzene rings is 1. The van der Waals surface area contributed by atoms with Crippen molar-refractivity contribution in [3.63, 3.8) is 0 Å². The average Bonchev–Trinajstić information content (AvgIpc) is 3.12. The molecule has 0 saturated carbocycles. The highest BCUT2D eigenvalue weighted by molar-refractivity contribution is 7.89. The zero-order valence-corrected chi connectivity index (χ0v) is 19.8. The summed E-state index contributed by atoms with van der Waals surface area (Å²) in [5.74, 6) is -1.79. The van der Waals surface area contributed by atoms with Gasteiger partial charge in [-0.1, -0.05) is 6.42 Å². The van der Waals surface area contributed by atoms with Crippen LogP contribution in [0.25, 0.3) is 0 Å². The molecule has 0 bridgehead atoms. The molecule has 1 aromatic heterocycles. The van der Waals surface area contributed by atoms with Gasteiger partial charge in [0.05, 0.1) is 17.1 Å². The first-order valence-corrected chi connectivity index (χ1v) is 12.3. The molecule has 1 saturated heterocycles. The van der Waals surface area contributed by atoms with E-state index >= 15 is 0 Å². The Morgan fingerprint density at radius 1 is 0.970 bits per heavy atom. The van der Waals surface area contributed by atoms with Crippen LogP contribution in [0.4, 0.5) is 0 Å². The number of ether oxygens (including phenoxy) is 2. The van der Waals surface area contributed by atoms with Gasteiger partial charge in [-0.25, -0.2) is 18.0 Å². The number of carbonyl (C=O) groups excluding carboxylic acids is 3. The molecule has 1 aliphatic heterocycles. The summed E-state index contributed by atoms with van der Waals surface area (Å²) in [6.07, 6.45) is 2.69. The molecule has 33 heavy (non-hydrogen) atoms. The lowest BCUT2D eigenvalue weighted by Crippen LogP contribution is -2.35. The normalized spacial score (nSPS) is 14.6. The van der Waals surface area contributed by atoms with Crippen LogP contribution in [0.1, 0.15) is 68.6 Å². The third-order valence-electron chi connectivity index (χ3n) is 5.58. The van der Waals surface area contributed by atoms with E-state index in [1.54, 1.807) is 20.8 Å². The maximum Gasteiger partial charge on any atom is 0.355 e. The molecule has 0 atom stereocenters. The summed E-state index contributed by atoms with van der Waals surface area (Å²) >= 11 is 0. The van der Waals surface area contributed by atoms with Crippen molar-refractivity contribution >= 4 is 27.7 Å². The van der Waals surface area contributed by atoms with Crippen molar-refractivity contribution in [2.75, 3.05) is 26.3 Å². The van der Waals surface area contributed by atoms with E-state index < -0.39 is 34.4 Å². The first-order chi connectivity index (χ1) is 15.7. The second kappa shape index (κ2) is 10.3. The van der Waals surface area contributed by atoms with Crippen molar-refractivity contribution in [3.8, 4) is 0 Å². The fraction of sp³-hybridized carbons (Fsp3) is 0.435. The van der Waals surface area contributed by atoms with Gasteiger partial charge in [-0.2, -0.15) is 4.31 Å². The molecule has 178 valence electrons. The summed E-state index contributed by atoms with van der Waals surface area (Å²) in [5, 5.41) is 0. The number of H-pyrrole nitrogens is 1. The Bertz CT molecular complexity index is 1140. The number of aromatic nitrogens is 1. The maximum atomic E-state index is 12.7. The third kappa shape index (κ3) is 5.33. The number of hydrogen-bond donors (Lipinski definition) is 1. The zero-order valence-electron chi connectivity index (χ0n) is 19.0. The second-order valence-corrected chi connectivity index (χ2v) is 9.77. The molecule has 0 spiro atoms. The largest absolute Gasteiger partial charge is 0.462 e. The number of carbonyl (C=O) groups is 3. The quantitative estimate of drug-likeness (QED) is 0.459. The van der Waals surface area contributed by atoms with Gasteiger partial charge in [0.25, 0.3) is 0 Å². The molecule has 0 amide bonds. The van der Waals surface area contributed by atoms with Gasteiger partial charge in [-0.3, -0.25) is 4.79 Å². The van der Waals surface area contributed by atoms with Crippen LogP contribution < -0.4 is 0 Å². The minimum atomic E-state index is -3.59. The minimum absolute atomic E-state index is 0.0753. The van der Waals surface area contributed by atoms with Gasteiger partial charge in [0.1, 0.15) is 5.69 Å². The van der Waals surface area contributed by atoms with Gasteiger partial charge < -0.3 is 14.5 Å². The van der Waals surface area contributed by atoms with Gasteiger partial charge in [0.15, 0.2) is 12.4 Å². The van der Waals surface area contributed by atoms with E-state index in [2.05, 4.69) is 4.98 Å². The van der Waals surface area contributed by atoms with Crippen molar-refractivity contribution in [2.45, 2.75) is 44.9 Å². The van der Waals surface area contributed by atoms with Gasteiger partial charge in [0, 0.05) is 24.3 Å². The van der Waals surface area contributed by atoms with Crippen LogP contribution >= 0.6 is 0 Å². The van der Waals surface area contributed by atoms with Crippen molar-refractivity contribution in [2.24, 2.45) is 0 Å². The highest BCUT2D eigenvalue weighted by Crippen LogP contribution is 2.22. The molecule has 9 nitrogen and oxygen atoms in total. The minimum Gasteiger partial charge on any atom is -0.462 e. The first kappa shape index (κ1) is 24.7. The molecule has 0 radical (unpaired) electrons. The molecule has 2 heterocycles. The lowest BCUT2D eigenvalue weighted by atomic mass is 10.1. The van der Waals surface area contributed by atoms with Crippen LogP contribution in [0.5, 0.6) is 0 Å². The average molecular weight is 477 g/mol. The Kier molecular flexibility index (Phi) is 7.70. The third-order valence-corrected chi connectivity index (χ3v) is 7.50. The number of nitrogens with zero attached hydrogens (tertiary/aromatic N) is 1. The summed E-state index contributed by atoms with van der Waals surface area (Å²) in [5.41, 5.74) is 1.42. The van der Waals surface area contributed by atoms with Gasteiger partial charge in [-0.15, -0.1) is 0 Å². The van der Waals surface area contributed by atoms with Crippen molar-refractivity contribution in [1.29, 1.82) is 0 Å². The van der Waals surface area contributed by atoms with Crippen LogP contribution in [0.3, 0.4) is 0 Å². The van der Waals surface area contributed by atoms with Crippen LogP contribution in [0, 0.1) is 13.8 Å². The Hall–Kier alpha value is -2.98. The molecule has 0 unspecified atom stereocenters. The van der Waals surface area contributed by atoms with Crippen molar-refractivity contribution in [3.05, 3.63) is 52.3 Å². The standard InChI is InChI=1S/C23H28N2O7S/c1-4-31-22(27)20-15(2)21(24-16(20)3)23(28)32-14-19(26)17-8-10-18(11-9-17)33(29,30)25-12-6-5-7-13-25/h8-11,24H,4-7,12-14H2,1-3H3. The van der Waals surface area contributed by atoms with E-state index in [0.29, 0.717) is 24.3 Å². The van der Waals surface area contributed by atoms with E-state index in [9.17, 15) is 22.8 Å². The summed E-state index contributed by atoms with van der Waals surface area (Å²) in [6, 6.07) is 5.61. The first-order valence-electron chi connectivity index (χ1n) is 10.8. The molecular formula is C23H28N2O7S. The highest BCUT2D eigenvalue weighted by atomic mass is 32.2. The maximum absolute atomic E-state index is 12.7. The van der Waals surface area contributed by atoms with E-state index in [0.717, 1.165) is 19.3 Å². The van der Waals surface area contributed by atoms with E-state index in [4.69, 9.17) is 9.47 Å². The molecule has 1 aliphatic rings. The van der Waals surface area contributed by atoms with Crippen molar-refractivity contribution in [1.82, 2.24) is 9.29 Å². The molecule has 1 N–H and O–H groups in total. The predicted octanol–water partition coefficient (Wildman–Crippen LogP) is 3.02. The number of Topliss-reactive ketones (excluding diaryl/α,β-unsaturated/α-hetero) is 1. The Morgan fingerprint density at radius 2 is 1.61 bits per heavy atom. The smallest absolute Gasteiger partial charge is 0.355 e. The lowest BCUT2D eigenvalue weighted by Gasteiger charge is -2.25. The fourth-order valence-electron chi connectivity index (χ4n) is 3.82. The van der Waals surface area contributed by atoms with Crippen LogP contribution in [-0.4, -0.2) is 61.7 Å². The molecule has 3 rings (SSSR count). The van der Waals surface area contributed by atoms with E-state index in [1.807, 2.05) is 0 Å². The summed E-state index contributed by atoms with van der Waals surface area (Å²) in [6.45, 7) is 5.59. The molecule has 0 aliphatic carbocycles. The number of hydrogen-bond acceptors (Lipinski definition) is 7. The zero-order chi connectivity index (χ0) is 24.2. The second-order valence-electron chi connectivity index (χ2n) is 7.83. The predicted molar refractivity (Wildman–Crippen MR) is 120 cm³/mol. The number of ketones is 1. The van der Waals surface area contributed by atoms with Crippen LogP contribution in [0.2, 0.25) is 0 Å². The van der Waals surface area contributed by atoms with Crippen LogP contribution in [0.15, 0.2) is 29.2 Å². The Labute approximate surface area is 193 Å². The number of aryl methyl sites for hydroxylation is 1. The van der Waals surface area contributed by atoms with Gasteiger partial charge in [-0.05, 0) is 63.4 Å². The van der Waals surface area contributed by atoms with E-state index in [1.165, 1.54) is 28.6 Å². The summed E-state index contributed by atoms with van der Waals surface area (Å²) in [4.78, 5) is 40.0. The number of rotatable bonds is 8. The fourth-order valence-corrected chi connectivity index (χ4v) is 5.33. The number of sulfonamides is 1. The lowest BCUT2D eigenvalue weighted by molar-refractivity contribution is 0.0468. The van der Waals surface area contributed by atoms with E-state index in [-0.39, 0.29) is 28.3 Å².